The van der Waals surface area contributed by atoms with Gasteiger partial charge in [-0.05, 0) is 53.9 Å². The Balaban J connectivity index is 1.74. The summed E-state index contributed by atoms with van der Waals surface area (Å²) >= 11 is 5.86. The van der Waals surface area contributed by atoms with Crippen LogP contribution in [-0.2, 0) is 26.0 Å². The number of carbonyl (C=O) groups is 2. The highest BCUT2D eigenvalue weighted by molar-refractivity contribution is 7.89. The van der Waals surface area contributed by atoms with Crippen LogP contribution in [0.3, 0.4) is 0 Å². The average molecular weight is 513 g/mol. The molecule has 0 aliphatic carbocycles. The van der Waals surface area contributed by atoms with Crippen molar-refractivity contribution in [3.8, 4) is 0 Å². The predicted molar refractivity (Wildman–Crippen MR) is 137 cm³/mol. The number of benzene rings is 3. The van der Waals surface area contributed by atoms with Crippen LogP contribution in [0.15, 0.2) is 88.9 Å². The first kappa shape index (κ1) is 26.1. The first-order chi connectivity index (χ1) is 16.7. The van der Waals surface area contributed by atoms with Gasteiger partial charge in [-0.1, -0.05) is 54.1 Å². The number of hydrogen-bond donors (Lipinski definition) is 2. The van der Waals surface area contributed by atoms with E-state index in [2.05, 4.69) is 15.8 Å². The first-order valence-electron chi connectivity index (χ1n) is 10.7. The molecule has 3 rings (SSSR count). The van der Waals surface area contributed by atoms with Crippen LogP contribution < -0.4 is 10.7 Å². The van der Waals surface area contributed by atoms with Crippen molar-refractivity contribution in [3.63, 3.8) is 0 Å². The summed E-state index contributed by atoms with van der Waals surface area (Å²) in [7, 11) is -4.00. The molecule has 0 aliphatic rings. The van der Waals surface area contributed by atoms with Gasteiger partial charge in [-0.2, -0.15) is 9.41 Å². The molecule has 2 N–H and O–H groups in total. The standard InChI is InChI=1S/C25H25ClN4O4S/c1-19(31)28-23-11-13-24(14-12-23)35(33,34)30(16-15-20-5-3-2-4-6-20)18-25(32)29-27-17-21-7-9-22(26)10-8-21/h2-14,17H,15-16,18H2,1H3,(H,28,31)(H,29,32)/b27-17-. The molecular formula is C25H25ClN4O4S. The smallest absolute Gasteiger partial charge is 0.255 e. The molecule has 0 heterocycles. The number of halogens is 1. The molecule has 0 radical (unpaired) electrons. The Morgan fingerprint density at radius 2 is 1.63 bits per heavy atom. The summed E-state index contributed by atoms with van der Waals surface area (Å²) in [5, 5.41) is 7.08. The van der Waals surface area contributed by atoms with Gasteiger partial charge in [-0.15, -0.1) is 0 Å². The monoisotopic (exact) mass is 512 g/mol. The second-order valence-electron chi connectivity index (χ2n) is 7.62. The Hall–Kier alpha value is -3.53. The lowest BCUT2D eigenvalue weighted by Gasteiger charge is -2.21. The van der Waals surface area contributed by atoms with Gasteiger partial charge >= 0.3 is 0 Å². The van der Waals surface area contributed by atoms with Crippen molar-refractivity contribution in [1.82, 2.24) is 9.73 Å². The molecular weight excluding hydrogens is 488 g/mol. The van der Waals surface area contributed by atoms with Crippen molar-refractivity contribution >= 4 is 45.3 Å². The lowest BCUT2D eigenvalue weighted by Crippen LogP contribution is -2.40. The van der Waals surface area contributed by atoms with Crippen LogP contribution in [-0.4, -0.2) is 43.8 Å². The summed E-state index contributed by atoms with van der Waals surface area (Å²) in [4.78, 5) is 23.8. The topological polar surface area (TPSA) is 108 Å². The normalized spacial score (nSPS) is 11.5. The second-order valence-corrected chi connectivity index (χ2v) is 10.00. The van der Waals surface area contributed by atoms with E-state index in [-0.39, 0.29) is 17.3 Å². The Morgan fingerprint density at radius 1 is 0.971 bits per heavy atom. The molecule has 0 unspecified atom stereocenters. The van der Waals surface area contributed by atoms with Gasteiger partial charge < -0.3 is 5.32 Å². The van der Waals surface area contributed by atoms with E-state index in [4.69, 9.17) is 11.6 Å². The van der Waals surface area contributed by atoms with Gasteiger partial charge in [0, 0.05) is 24.2 Å². The number of anilines is 1. The summed E-state index contributed by atoms with van der Waals surface area (Å²) in [5.74, 6) is -0.845. The Kier molecular flexibility index (Phi) is 9.13. The summed E-state index contributed by atoms with van der Waals surface area (Å²) in [6, 6.07) is 22.0. The van der Waals surface area contributed by atoms with Gasteiger partial charge in [0.05, 0.1) is 17.7 Å². The van der Waals surface area contributed by atoms with Crippen LogP contribution in [0, 0.1) is 0 Å². The molecule has 0 aliphatic heterocycles. The van der Waals surface area contributed by atoms with Gasteiger partial charge in [0.2, 0.25) is 15.9 Å². The second kappa shape index (κ2) is 12.3. The molecule has 0 spiro atoms. The van der Waals surface area contributed by atoms with E-state index in [1.165, 1.54) is 37.4 Å². The summed E-state index contributed by atoms with van der Waals surface area (Å²) in [6.45, 7) is 1.04. The Morgan fingerprint density at radius 3 is 2.26 bits per heavy atom. The van der Waals surface area contributed by atoms with Crippen LogP contribution in [0.25, 0.3) is 0 Å². The summed E-state index contributed by atoms with van der Waals surface area (Å²) in [6.07, 6.45) is 1.86. The highest BCUT2D eigenvalue weighted by Crippen LogP contribution is 2.19. The molecule has 0 bridgehead atoms. The summed E-state index contributed by atoms with van der Waals surface area (Å²) < 4.78 is 27.8. The molecule has 0 atom stereocenters. The van der Waals surface area contributed by atoms with Gasteiger partial charge in [0.1, 0.15) is 0 Å². The minimum absolute atomic E-state index is 0.0112. The van der Waals surface area contributed by atoms with Gasteiger partial charge in [-0.25, -0.2) is 13.8 Å². The average Bonchev–Trinajstić information content (AvgIpc) is 2.83. The summed E-state index contributed by atoms with van der Waals surface area (Å²) in [5.41, 5.74) is 4.51. The lowest BCUT2D eigenvalue weighted by atomic mass is 10.1. The van der Waals surface area contributed by atoms with Crippen LogP contribution in [0.1, 0.15) is 18.1 Å². The van der Waals surface area contributed by atoms with Crippen LogP contribution >= 0.6 is 11.6 Å². The third-order valence-electron chi connectivity index (χ3n) is 4.90. The molecule has 0 saturated carbocycles. The minimum Gasteiger partial charge on any atom is -0.326 e. The van der Waals surface area contributed by atoms with E-state index >= 15 is 0 Å². The third-order valence-corrected chi connectivity index (χ3v) is 7.01. The zero-order chi connectivity index (χ0) is 25.3. The molecule has 2 amide bonds. The molecule has 35 heavy (non-hydrogen) atoms. The molecule has 0 fully saturated rings. The number of sulfonamides is 1. The van der Waals surface area contributed by atoms with E-state index in [0.29, 0.717) is 17.1 Å². The molecule has 10 heteroatoms. The van der Waals surface area contributed by atoms with Crippen LogP contribution in [0.4, 0.5) is 5.69 Å². The maximum absolute atomic E-state index is 13.4. The fourth-order valence-corrected chi connectivity index (χ4v) is 4.69. The molecule has 3 aromatic carbocycles. The molecule has 8 nitrogen and oxygen atoms in total. The number of hydrogen-bond acceptors (Lipinski definition) is 5. The molecule has 182 valence electrons. The SMILES string of the molecule is CC(=O)Nc1ccc(S(=O)(=O)N(CCc2ccccc2)CC(=O)N/N=C\c2ccc(Cl)cc2)cc1. The van der Waals surface area contributed by atoms with Crippen molar-refractivity contribution in [1.29, 1.82) is 0 Å². The number of nitrogens with one attached hydrogen (secondary N) is 2. The van der Waals surface area contributed by atoms with E-state index in [0.717, 1.165) is 15.4 Å². The van der Waals surface area contributed by atoms with E-state index in [1.807, 2.05) is 30.3 Å². The maximum atomic E-state index is 13.4. The number of carbonyl (C=O) groups excluding carboxylic acids is 2. The number of amides is 2. The zero-order valence-corrected chi connectivity index (χ0v) is 20.6. The number of rotatable bonds is 10. The van der Waals surface area contributed by atoms with Crippen LogP contribution in [0.2, 0.25) is 5.02 Å². The molecule has 0 saturated heterocycles. The van der Waals surface area contributed by atoms with E-state index in [9.17, 15) is 18.0 Å². The van der Waals surface area contributed by atoms with Crippen molar-refractivity contribution in [2.45, 2.75) is 18.2 Å². The predicted octanol–water partition coefficient (Wildman–Crippen LogP) is 3.68. The van der Waals surface area contributed by atoms with Crippen LogP contribution in [0.5, 0.6) is 0 Å². The molecule has 3 aromatic rings. The highest BCUT2D eigenvalue weighted by atomic mass is 35.5. The van der Waals surface area contributed by atoms with Gasteiger partial charge in [0.15, 0.2) is 0 Å². The molecule has 0 aromatic heterocycles. The number of nitrogens with zero attached hydrogens (tertiary/aromatic N) is 2. The van der Waals surface area contributed by atoms with Crippen molar-refractivity contribution in [3.05, 3.63) is 95.0 Å². The first-order valence-corrected chi connectivity index (χ1v) is 12.5. The third kappa shape index (κ3) is 8.03. The van der Waals surface area contributed by atoms with Crippen molar-refractivity contribution in [2.75, 3.05) is 18.4 Å². The maximum Gasteiger partial charge on any atom is 0.255 e. The van der Waals surface area contributed by atoms with Crippen molar-refractivity contribution in [2.24, 2.45) is 5.10 Å². The van der Waals surface area contributed by atoms with Crippen molar-refractivity contribution < 1.29 is 18.0 Å². The fourth-order valence-electron chi connectivity index (χ4n) is 3.17. The fraction of sp³-hybridized carbons (Fsp3) is 0.160. The quantitative estimate of drug-likeness (QED) is 0.319. The Labute approximate surface area is 209 Å². The minimum atomic E-state index is -4.00. The highest BCUT2D eigenvalue weighted by Gasteiger charge is 2.26. The lowest BCUT2D eigenvalue weighted by molar-refractivity contribution is -0.121. The number of hydrazone groups is 1. The largest absolute Gasteiger partial charge is 0.326 e. The van der Waals surface area contributed by atoms with Gasteiger partial charge in [0.25, 0.3) is 5.91 Å². The van der Waals surface area contributed by atoms with Gasteiger partial charge in [-0.3, -0.25) is 9.59 Å². The Bertz CT molecular complexity index is 1280. The van der Waals surface area contributed by atoms with E-state index in [1.54, 1.807) is 24.3 Å². The van der Waals surface area contributed by atoms with E-state index < -0.39 is 22.5 Å². The zero-order valence-electron chi connectivity index (χ0n) is 19.0.